The molecule has 0 unspecified atom stereocenters. The van der Waals surface area contributed by atoms with Gasteiger partial charge in [-0.15, -0.1) is 0 Å². The van der Waals surface area contributed by atoms with Gasteiger partial charge in [-0.25, -0.2) is 0 Å². The number of carbonyl (C=O) groups excluding carboxylic acids is 1. The molecule has 8 nitrogen and oxygen atoms in total. The Kier molecular flexibility index (Phi) is 7.84. The molecule has 0 spiro atoms. The van der Waals surface area contributed by atoms with E-state index in [4.69, 9.17) is 18.9 Å². The van der Waals surface area contributed by atoms with Crippen molar-refractivity contribution in [3.8, 4) is 11.8 Å². The second-order valence-electron chi connectivity index (χ2n) is 10.3. The molecule has 3 heterocycles. The number of benzene rings is 3. The van der Waals surface area contributed by atoms with Gasteiger partial charge in [0.1, 0.15) is 18.9 Å². The van der Waals surface area contributed by atoms with Gasteiger partial charge in [-0.05, 0) is 41.0 Å². The van der Waals surface area contributed by atoms with Gasteiger partial charge in [0.2, 0.25) is 11.8 Å². The zero-order chi connectivity index (χ0) is 28.2. The molecule has 0 atom stereocenters. The van der Waals surface area contributed by atoms with E-state index in [1.165, 1.54) is 0 Å². The molecule has 3 aromatic carbocycles. The Hall–Kier alpha value is -4.40. The second-order valence-corrected chi connectivity index (χ2v) is 10.3. The maximum atomic E-state index is 13.6. The lowest BCUT2D eigenvalue weighted by Gasteiger charge is -2.43. The molecule has 2 aliphatic rings. The highest BCUT2D eigenvalue weighted by Gasteiger charge is 2.36. The van der Waals surface area contributed by atoms with E-state index < -0.39 is 0 Å². The Morgan fingerprint density at radius 3 is 2.15 bits per heavy atom. The van der Waals surface area contributed by atoms with E-state index in [1.54, 1.807) is 25.2 Å². The van der Waals surface area contributed by atoms with Gasteiger partial charge in [0.25, 0.3) is 5.91 Å². The highest BCUT2D eigenvalue weighted by molar-refractivity contribution is 6.10. The first-order chi connectivity index (χ1) is 20.1. The molecule has 0 aliphatic carbocycles. The van der Waals surface area contributed by atoms with Gasteiger partial charge < -0.3 is 23.8 Å². The third kappa shape index (κ3) is 5.75. The van der Waals surface area contributed by atoms with Crippen LogP contribution >= 0.6 is 0 Å². The number of rotatable bonds is 11. The van der Waals surface area contributed by atoms with Crippen LogP contribution in [0.4, 0.5) is 11.4 Å². The van der Waals surface area contributed by atoms with E-state index in [-0.39, 0.29) is 12.2 Å². The molecular weight excluding hydrogens is 518 g/mol. The molecule has 1 aromatic heterocycles. The molecule has 2 aliphatic heterocycles. The fourth-order valence-electron chi connectivity index (χ4n) is 5.34. The van der Waals surface area contributed by atoms with Crippen molar-refractivity contribution < 1.29 is 23.7 Å². The Morgan fingerprint density at radius 2 is 1.49 bits per heavy atom. The number of fused-ring (bicyclic) bond motifs is 1. The van der Waals surface area contributed by atoms with E-state index in [0.717, 1.165) is 35.5 Å². The molecule has 8 heteroatoms. The first-order valence-electron chi connectivity index (χ1n) is 13.7. The minimum Gasteiger partial charge on any atom is -0.473 e. The molecule has 0 bridgehead atoms. The lowest BCUT2D eigenvalue weighted by molar-refractivity contribution is -0.142. The third-order valence-electron chi connectivity index (χ3n) is 7.57. The molecule has 1 amide bonds. The summed E-state index contributed by atoms with van der Waals surface area (Å²) >= 11 is 0. The van der Waals surface area contributed by atoms with Gasteiger partial charge in [0.05, 0.1) is 6.54 Å². The summed E-state index contributed by atoms with van der Waals surface area (Å²) in [7, 11) is 3.34. The van der Waals surface area contributed by atoms with Crippen LogP contribution in [-0.4, -0.2) is 44.5 Å². The van der Waals surface area contributed by atoms with Crippen LogP contribution in [0.5, 0.6) is 11.8 Å². The number of anilines is 2. The zero-order valence-corrected chi connectivity index (χ0v) is 23.2. The fourth-order valence-corrected chi connectivity index (χ4v) is 5.34. The molecule has 41 heavy (non-hydrogen) atoms. The monoisotopic (exact) mass is 551 g/mol. The summed E-state index contributed by atoms with van der Waals surface area (Å²) in [4.78, 5) is 22.3. The van der Waals surface area contributed by atoms with Crippen molar-refractivity contribution in [2.24, 2.45) is 5.92 Å². The minimum atomic E-state index is -0.209. The van der Waals surface area contributed by atoms with E-state index in [9.17, 15) is 4.79 Å². The Balaban J connectivity index is 1.21. The first-order valence-corrected chi connectivity index (χ1v) is 13.7. The molecular formula is C33H33N3O5. The fraction of sp³-hybridized carbons (Fsp3) is 0.273. The molecule has 0 radical (unpaired) electrons. The maximum absolute atomic E-state index is 13.6. The molecule has 6 rings (SSSR count). The van der Waals surface area contributed by atoms with Crippen molar-refractivity contribution in [2.75, 3.05) is 37.1 Å². The van der Waals surface area contributed by atoms with Gasteiger partial charge in [0, 0.05) is 50.5 Å². The van der Waals surface area contributed by atoms with Crippen LogP contribution in [-0.2, 0) is 29.2 Å². The lowest BCUT2D eigenvalue weighted by Crippen LogP contribution is -2.53. The number of hydrogen-bond donors (Lipinski definition) is 0. The maximum Gasteiger partial charge on any atom is 0.259 e. The van der Waals surface area contributed by atoms with Crippen molar-refractivity contribution >= 4 is 17.3 Å². The largest absolute Gasteiger partial charge is 0.473 e. The zero-order valence-electron chi connectivity index (χ0n) is 23.2. The molecule has 4 aromatic rings. The van der Waals surface area contributed by atoms with Gasteiger partial charge in [-0.3, -0.25) is 9.69 Å². The number of carbonyl (C=O) groups is 1. The van der Waals surface area contributed by atoms with Gasteiger partial charge >= 0.3 is 0 Å². The summed E-state index contributed by atoms with van der Waals surface area (Å²) in [5, 5.41) is 0. The number of ether oxygens (including phenoxy) is 4. The summed E-state index contributed by atoms with van der Waals surface area (Å²) in [5.41, 5.74) is 5.42. The minimum absolute atomic E-state index is 0.0730. The van der Waals surface area contributed by atoms with Gasteiger partial charge in [-0.1, -0.05) is 60.7 Å². The number of nitrogens with zero attached hydrogens (tertiary/aromatic N) is 3. The number of hydrogen-bond acceptors (Lipinski definition) is 7. The van der Waals surface area contributed by atoms with Crippen molar-refractivity contribution in [2.45, 2.75) is 26.0 Å². The quantitative estimate of drug-likeness (QED) is 0.229. The SMILES string of the molecule is COC(OC)C1CN(c2ccc3c(c2)CN(c2ccc(OCc4ccccc4)nc2OCc2ccccc2)C3=O)C1. The standard InChI is InChI=1S/C33H33N3O5/c1-38-33(39-2)26-18-35(19-26)27-13-14-28-25(17-27)20-36(32(28)37)29-15-16-30(40-21-23-9-5-3-6-10-23)34-31(29)41-22-24-11-7-4-8-12-24/h3-17,26,33H,18-22H2,1-2H3. The van der Waals surface area contributed by atoms with Gasteiger partial charge in [-0.2, -0.15) is 4.98 Å². The molecule has 210 valence electrons. The average Bonchev–Trinajstić information content (AvgIpc) is 3.32. The molecule has 0 N–H and O–H groups in total. The molecule has 1 fully saturated rings. The van der Waals surface area contributed by atoms with Crippen LogP contribution in [0.25, 0.3) is 0 Å². The van der Waals surface area contributed by atoms with Crippen molar-refractivity contribution in [1.82, 2.24) is 4.98 Å². The van der Waals surface area contributed by atoms with Crippen LogP contribution in [0.15, 0.2) is 91.0 Å². The third-order valence-corrected chi connectivity index (χ3v) is 7.57. The van der Waals surface area contributed by atoms with Crippen molar-refractivity contribution in [1.29, 1.82) is 0 Å². The van der Waals surface area contributed by atoms with Crippen LogP contribution in [0, 0.1) is 5.92 Å². The normalized spacial score (nSPS) is 14.8. The summed E-state index contributed by atoms with van der Waals surface area (Å²) < 4.78 is 23.0. The Morgan fingerprint density at radius 1 is 0.829 bits per heavy atom. The van der Waals surface area contributed by atoms with E-state index in [2.05, 4.69) is 16.0 Å². The van der Waals surface area contributed by atoms with Crippen molar-refractivity contribution in [3.63, 3.8) is 0 Å². The lowest BCUT2D eigenvalue weighted by atomic mass is 9.97. The van der Waals surface area contributed by atoms with Crippen LogP contribution in [0.3, 0.4) is 0 Å². The summed E-state index contributed by atoms with van der Waals surface area (Å²) in [6.45, 7) is 2.83. The molecule has 1 saturated heterocycles. The number of amides is 1. The summed E-state index contributed by atoms with van der Waals surface area (Å²) in [6, 6.07) is 29.5. The van der Waals surface area contributed by atoms with Crippen LogP contribution < -0.4 is 19.3 Å². The van der Waals surface area contributed by atoms with Crippen molar-refractivity contribution in [3.05, 3.63) is 113 Å². The smallest absolute Gasteiger partial charge is 0.259 e. The first kappa shape index (κ1) is 26.8. The predicted octanol–water partition coefficient (Wildman–Crippen LogP) is 5.46. The van der Waals surface area contributed by atoms with Crippen LogP contribution in [0.1, 0.15) is 27.0 Å². The highest BCUT2D eigenvalue weighted by atomic mass is 16.7. The second kappa shape index (κ2) is 12.0. The van der Waals surface area contributed by atoms with Crippen LogP contribution in [0.2, 0.25) is 0 Å². The van der Waals surface area contributed by atoms with E-state index >= 15 is 0 Å². The van der Waals surface area contributed by atoms with E-state index in [0.29, 0.717) is 48.7 Å². The molecule has 0 saturated carbocycles. The topological polar surface area (TPSA) is 73.4 Å². The number of pyridine rings is 1. The summed E-state index contributed by atoms with van der Waals surface area (Å²) in [5.74, 6) is 1.03. The number of methoxy groups -OCH3 is 2. The van der Waals surface area contributed by atoms with Gasteiger partial charge in [0.15, 0.2) is 6.29 Å². The Labute approximate surface area is 240 Å². The summed E-state index contributed by atoms with van der Waals surface area (Å²) in [6.07, 6.45) is -0.209. The van der Waals surface area contributed by atoms with E-state index in [1.807, 2.05) is 78.9 Å². The predicted molar refractivity (Wildman–Crippen MR) is 156 cm³/mol. The average molecular weight is 552 g/mol. The number of aromatic nitrogens is 1. The highest BCUT2D eigenvalue weighted by Crippen LogP contribution is 2.38. The Bertz CT molecular complexity index is 1490.